The van der Waals surface area contributed by atoms with Crippen molar-refractivity contribution in [3.63, 3.8) is 0 Å². The van der Waals surface area contributed by atoms with Gasteiger partial charge in [0.05, 0.1) is 0 Å². The molecule has 0 radical (unpaired) electrons. The summed E-state index contributed by atoms with van der Waals surface area (Å²) in [5.41, 5.74) is 6.31. The van der Waals surface area contributed by atoms with Gasteiger partial charge in [-0.3, -0.25) is 9.78 Å². The summed E-state index contributed by atoms with van der Waals surface area (Å²) in [6.07, 6.45) is 1.56. The number of nitrogens with two attached hydrogens (primary N) is 1. The van der Waals surface area contributed by atoms with Gasteiger partial charge < -0.3 is 5.73 Å². The summed E-state index contributed by atoms with van der Waals surface area (Å²) >= 11 is 1.45. The van der Waals surface area contributed by atoms with E-state index in [1.807, 2.05) is 6.92 Å². The molecule has 2 aromatic rings. The molecule has 21 heavy (non-hydrogen) atoms. The van der Waals surface area contributed by atoms with Gasteiger partial charge in [-0.1, -0.05) is 13.0 Å². The van der Waals surface area contributed by atoms with E-state index in [2.05, 4.69) is 9.98 Å². The van der Waals surface area contributed by atoms with Crippen LogP contribution in [0.15, 0.2) is 52.5 Å². The van der Waals surface area contributed by atoms with Crippen LogP contribution in [-0.4, -0.2) is 22.5 Å². The van der Waals surface area contributed by atoms with Gasteiger partial charge in [0.1, 0.15) is 11.5 Å². The number of benzene rings is 1. The Kier molecular flexibility index (Phi) is 5.05. The average Bonchev–Trinajstić information content (AvgIpc) is 2.48. The monoisotopic (exact) mass is 303 g/mol. The molecule has 6 heteroatoms. The van der Waals surface area contributed by atoms with Crippen LogP contribution in [0.2, 0.25) is 0 Å². The second-order valence-electron chi connectivity index (χ2n) is 4.13. The number of aromatic nitrogens is 1. The van der Waals surface area contributed by atoms with Crippen LogP contribution in [-0.2, 0) is 0 Å². The number of aliphatic imine (C=N–C) groups is 1. The fourth-order valence-electron chi connectivity index (χ4n) is 1.68. The van der Waals surface area contributed by atoms with Crippen molar-refractivity contribution in [2.75, 3.05) is 5.75 Å². The van der Waals surface area contributed by atoms with E-state index in [1.54, 1.807) is 30.5 Å². The van der Waals surface area contributed by atoms with Crippen LogP contribution in [0, 0.1) is 5.82 Å². The molecule has 0 unspecified atom stereocenters. The highest BCUT2D eigenvalue weighted by Gasteiger charge is 2.10. The summed E-state index contributed by atoms with van der Waals surface area (Å²) in [6.45, 7) is 1.95. The molecule has 4 nitrogen and oxygen atoms in total. The molecule has 1 aromatic carbocycles. The highest BCUT2D eigenvalue weighted by atomic mass is 32.2. The highest BCUT2D eigenvalue weighted by molar-refractivity contribution is 7.99. The van der Waals surface area contributed by atoms with Gasteiger partial charge in [-0.15, -0.1) is 11.8 Å². The molecule has 0 fully saturated rings. The van der Waals surface area contributed by atoms with Crippen molar-refractivity contribution in [2.45, 2.75) is 11.8 Å². The van der Waals surface area contributed by atoms with Gasteiger partial charge in [-0.05, 0) is 36.1 Å². The Hall–Kier alpha value is -2.21. The first kappa shape index (κ1) is 15.2. The lowest BCUT2D eigenvalue weighted by Gasteiger charge is -2.03. The van der Waals surface area contributed by atoms with Gasteiger partial charge in [-0.25, -0.2) is 4.39 Å². The Bertz CT molecular complexity index is 674. The third-order valence-electron chi connectivity index (χ3n) is 2.58. The molecule has 0 bridgehead atoms. The third kappa shape index (κ3) is 4.13. The van der Waals surface area contributed by atoms with Gasteiger partial charge in [0.2, 0.25) is 0 Å². The first-order valence-electron chi connectivity index (χ1n) is 6.33. The molecule has 1 heterocycles. The fourth-order valence-corrected chi connectivity index (χ4v) is 2.42. The van der Waals surface area contributed by atoms with Crippen molar-refractivity contribution in [1.82, 2.24) is 4.98 Å². The number of halogens is 1. The summed E-state index contributed by atoms with van der Waals surface area (Å²) in [7, 11) is 0. The van der Waals surface area contributed by atoms with E-state index in [1.165, 1.54) is 17.8 Å². The van der Waals surface area contributed by atoms with Gasteiger partial charge in [0.15, 0.2) is 5.84 Å². The van der Waals surface area contributed by atoms with Crippen molar-refractivity contribution in [1.29, 1.82) is 0 Å². The Morgan fingerprint density at radius 2 is 2.19 bits per heavy atom. The van der Waals surface area contributed by atoms with Crippen molar-refractivity contribution >= 4 is 23.5 Å². The average molecular weight is 303 g/mol. The Morgan fingerprint density at radius 3 is 2.86 bits per heavy atom. The number of rotatable bonds is 4. The van der Waals surface area contributed by atoms with E-state index in [0.29, 0.717) is 10.6 Å². The van der Waals surface area contributed by atoms with Crippen molar-refractivity contribution in [3.05, 3.63) is 59.7 Å². The molecule has 0 spiro atoms. The molecule has 2 N–H and O–H groups in total. The molecule has 0 saturated carbocycles. The van der Waals surface area contributed by atoms with E-state index in [9.17, 15) is 9.18 Å². The van der Waals surface area contributed by atoms with Crippen LogP contribution in [0.4, 0.5) is 4.39 Å². The first-order valence-corrected chi connectivity index (χ1v) is 7.32. The van der Waals surface area contributed by atoms with Crippen LogP contribution in [0.25, 0.3) is 0 Å². The van der Waals surface area contributed by atoms with E-state index in [-0.39, 0.29) is 11.4 Å². The minimum absolute atomic E-state index is 0.00885. The topological polar surface area (TPSA) is 68.3 Å². The lowest BCUT2D eigenvalue weighted by molar-refractivity contribution is 0.100. The summed E-state index contributed by atoms with van der Waals surface area (Å²) in [5.74, 6) is -0.259. The maximum absolute atomic E-state index is 13.5. The molecule has 0 aliphatic heterocycles. The van der Waals surface area contributed by atoms with Crippen LogP contribution in [0.1, 0.15) is 23.0 Å². The largest absolute Gasteiger partial charge is 0.382 e. The first-order chi connectivity index (χ1) is 10.1. The molecule has 0 saturated heterocycles. The van der Waals surface area contributed by atoms with Crippen LogP contribution < -0.4 is 5.73 Å². The van der Waals surface area contributed by atoms with Crippen molar-refractivity contribution in [3.8, 4) is 0 Å². The number of amides is 1. The summed E-state index contributed by atoms with van der Waals surface area (Å²) in [6, 6.07) is 9.27. The summed E-state index contributed by atoms with van der Waals surface area (Å²) in [5, 5.41) is 0. The summed E-state index contributed by atoms with van der Waals surface area (Å²) < 4.78 is 13.5. The molecule has 0 aliphatic rings. The van der Waals surface area contributed by atoms with E-state index in [4.69, 9.17) is 5.73 Å². The van der Waals surface area contributed by atoms with Crippen LogP contribution in [0.5, 0.6) is 0 Å². The number of carbonyl (C=O) groups excluding carboxylic acids is 1. The zero-order valence-electron chi connectivity index (χ0n) is 11.4. The highest BCUT2D eigenvalue weighted by Crippen LogP contribution is 2.21. The molecule has 0 aliphatic carbocycles. The SMILES string of the molecule is CCSc1cc(F)cc(C(=O)N=C(N)c2ccccn2)c1. The number of amidine groups is 1. The minimum Gasteiger partial charge on any atom is -0.382 e. The molecule has 108 valence electrons. The maximum Gasteiger partial charge on any atom is 0.279 e. The second kappa shape index (κ2) is 6.99. The van der Waals surface area contributed by atoms with Crippen molar-refractivity contribution in [2.24, 2.45) is 10.7 Å². The summed E-state index contributed by atoms with van der Waals surface area (Å²) in [4.78, 5) is 20.5. The molecule has 1 aromatic heterocycles. The van der Waals surface area contributed by atoms with E-state index in [0.717, 1.165) is 11.8 Å². The Balaban J connectivity index is 2.28. The van der Waals surface area contributed by atoms with Crippen LogP contribution in [0.3, 0.4) is 0 Å². The lowest BCUT2D eigenvalue weighted by Crippen LogP contribution is -2.17. The van der Waals surface area contributed by atoms with Gasteiger partial charge in [-0.2, -0.15) is 4.99 Å². The number of pyridine rings is 1. The Labute approximate surface area is 126 Å². The normalized spacial score (nSPS) is 11.4. The fraction of sp³-hybridized carbons (Fsp3) is 0.133. The predicted molar refractivity (Wildman–Crippen MR) is 82.1 cm³/mol. The number of hydrogen-bond acceptors (Lipinski definition) is 3. The number of carbonyl (C=O) groups is 1. The smallest absolute Gasteiger partial charge is 0.279 e. The zero-order valence-corrected chi connectivity index (χ0v) is 12.2. The van der Waals surface area contributed by atoms with Crippen molar-refractivity contribution < 1.29 is 9.18 Å². The quantitative estimate of drug-likeness (QED) is 0.536. The predicted octanol–water partition coefficient (Wildman–Crippen LogP) is 2.88. The molecule has 2 rings (SSSR count). The maximum atomic E-state index is 13.5. The molecular formula is C15H14FN3OS. The van der Waals surface area contributed by atoms with Gasteiger partial charge in [0.25, 0.3) is 5.91 Å². The van der Waals surface area contributed by atoms with E-state index >= 15 is 0 Å². The van der Waals surface area contributed by atoms with Gasteiger partial charge in [0, 0.05) is 16.7 Å². The van der Waals surface area contributed by atoms with Gasteiger partial charge >= 0.3 is 0 Å². The molecule has 0 atom stereocenters. The number of nitrogens with zero attached hydrogens (tertiary/aromatic N) is 2. The molecular weight excluding hydrogens is 289 g/mol. The third-order valence-corrected chi connectivity index (χ3v) is 3.44. The van der Waals surface area contributed by atoms with Crippen LogP contribution >= 0.6 is 11.8 Å². The Morgan fingerprint density at radius 1 is 1.38 bits per heavy atom. The number of hydrogen-bond donors (Lipinski definition) is 1. The van der Waals surface area contributed by atoms with E-state index < -0.39 is 11.7 Å². The number of thioether (sulfide) groups is 1. The standard InChI is InChI=1S/C15H14FN3OS/c1-2-21-12-8-10(7-11(16)9-12)15(20)19-14(17)13-5-3-4-6-18-13/h3-9H,2H2,1H3,(H2,17,19,20). The molecule has 1 amide bonds. The minimum atomic E-state index is -0.587. The lowest BCUT2D eigenvalue weighted by atomic mass is 10.2. The second-order valence-corrected chi connectivity index (χ2v) is 5.46. The zero-order chi connectivity index (χ0) is 15.2.